The van der Waals surface area contributed by atoms with Crippen LogP contribution in [0, 0.1) is 12.8 Å². The van der Waals surface area contributed by atoms with Gasteiger partial charge in [-0.05, 0) is 85.1 Å². The van der Waals surface area contributed by atoms with Crippen LogP contribution in [0.2, 0.25) is 0 Å². The molecule has 2 aromatic carbocycles. The number of unbranched alkanes of at least 4 members (excludes halogenated alkanes) is 2. The molecule has 0 amide bonds. The van der Waals surface area contributed by atoms with Crippen molar-refractivity contribution in [2.75, 3.05) is 13.2 Å². The highest BCUT2D eigenvalue weighted by molar-refractivity contribution is 5.88. The van der Waals surface area contributed by atoms with Crippen LogP contribution in [-0.4, -0.2) is 19.1 Å². The van der Waals surface area contributed by atoms with Gasteiger partial charge in [-0.25, -0.2) is 4.79 Å². The van der Waals surface area contributed by atoms with Gasteiger partial charge in [0.05, 0.1) is 6.61 Å². The van der Waals surface area contributed by atoms with E-state index < -0.39 is 5.97 Å². The molecule has 2 N–H and O–H groups in total. The molecule has 3 heteroatoms. The number of rotatable bonds is 12. The van der Waals surface area contributed by atoms with Crippen LogP contribution in [-0.2, 0) is 16.0 Å². The van der Waals surface area contributed by atoms with E-state index in [0.29, 0.717) is 12.2 Å². The standard InChI is InChI=1S/C31H43NO2/c1-4-5-6-8-25-10-13-27(14-11-25)28-15-17-29(18-16-28)30-19-12-26(21-23(30)2)9-7-20-34-31(33)24(3)22-32/h12,15-19,21,25,27H,3-11,13-14,20,22,32H2,1-2H3. The topological polar surface area (TPSA) is 52.3 Å². The van der Waals surface area contributed by atoms with Gasteiger partial charge in [0.15, 0.2) is 0 Å². The van der Waals surface area contributed by atoms with Gasteiger partial charge in [-0.1, -0.05) is 81.7 Å². The first kappa shape index (κ1) is 26.2. The third-order valence-electron chi connectivity index (χ3n) is 7.42. The molecular weight excluding hydrogens is 418 g/mol. The Morgan fingerprint density at radius 3 is 2.41 bits per heavy atom. The fourth-order valence-electron chi connectivity index (χ4n) is 5.23. The summed E-state index contributed by atoms with van der Waals surface area (Å²) in [5.74, 6) is 1.30. The first-order valence-corrected chi connectivity index (χ1v) is 13.3. The van der Waals surface area contributed by atoms with Crippen molar-refractivity contribution in [2.45, 2.75) is 84.0 Å². The maximum atomic E-state index is 11.6. The first-order valence-electron chi connectivity index (χ1n) is 13.3. The van der Waals surface area contributed by atoms with Gasteiger partial charge in [0, 0.05) is 12.1 Å². The lowest BCUT2D eigenvalue weighted by molar-refractivity contribution is -0.139. The van der Waals surface area contributed by atoms with E-state index in [-0.39, 0.29) is 6.54 Å². The highest BCUT2D eigenvalue weighted by Gasteiger charge is 2.22. The number of esters is 1. The molecule has 1 aliphatic rings. The van der Waals surface area contributed by atoms with Crippen molar-refractivity contribution in [3.8, 4) is 11.1 Å². The van der Waals surface area contributed by atoms with Crippen LogP contribution in [0.3, 0.4) is 0 Å². The molecule has 3 nitrogen and oxygen atoms in total. The van der Waals surface area contributed by atoms with Gasteiger partial charge in [-0.3, -0.25) is 0 Å². The number of carbonyl (C=O) groups is 1. The number of hydrogen-bond donors (Lipinski definition) is 1. The second-order valence-electron chi connectivity index (χ2n) is 10.0. The number of aryl methyl sites for hydroxylation is 2. The monoisotopic (exact) mass is 461 g/mol. The molecule has 0 aromatic heterocycles. The quantitative estimate of drug-likeness (QED) is 0.202. The molecule has 0 saturated heterocycles. The summed E-state index contributed by atoms with van der Waals surface area (Å²) >= 11 is 0. The number of benzene rings is 2. The second kappa shape index (κ2) is 13.5. The summed E-state index contributed by atoms with van der Waals surface area (Å²) in [5.41, 5.74) is 12.4. The molecule has 0 heterocycles. The Labute approximate surface area is 206 Å². The minimum atomic E-state index is -0.391. The molecule has 0 atom stereocenters. The summed E-state index contributed by atoms with van der Waals surface area (Å²) in [6, 6.07) is 16.0. The van der Waals surface area contributed by atoms with Crippen molar-refractivity contribution >= 4 is 5.97 Å². The van der Waals surface area contributed by atoms with Gasteiger partial charge in [0.2, 0.25) is 0 Å². The summed E-state index contributed by atoms with van der Waals surface area (Å²) in [7, 11) is 0. The van der Waals surface area contributed by atoms with Crippen LogP contribution < -0.4 is 5.73 Å². The number of ether oxygens (including phenoxy) is 1. The van der Waals surface area contributed by atoms with Crippen molar-refractivity contribution in [2.24, 2.45) is 11.7 Å². The first-order chi connectivity index (χ1) is 16.5. The number of carbonyl (C=O) groups excluding carboxylic acids is 1. The van der Waals surface area contributed by atoms with Gasteiger partial charge in [-0.15, -0.1) is 0 Å². The zero-order valence-electron chi connectivity index (χ0n) is 21.3. The van der Waals surface area contributed by atoms with E-state index >= 15 is 0 Å². The molecule has 0 unspecified atom stereocenters. The Kier molecular flexibility index (Phi) is 10.4. The molecule has 1 fully saturated rings. The van der Waals surface area contributed by atoms with Crippen LogP contribution in [0.4, 0.5) is 0 Å². The summed E-state index contributed by atoms with van der Waals surface area (Å²) in [6.45, 7) is 8.61. The van der Waals surface area contributed by atoms with Gasteiger partial charge in [-0.2, -0.15) is 0 Å². The number of hydrogen-bond acceptors (Lipinski definition) is 3. The van der Waals surface area contributed by atoms with E-state index in [1.165, 1.54) is 79.2 Å². The predicted octanol–water partition coefficient (Wildman–Crippen LogP) is 7.51. The SMILES string of the molecule is C=C(CN)C(=O)OCCCc1ccc(-c2ccc(C3CCC(CCCCC)CC3)cc2)c(C)c1. The molecule has 184 valence electrons. The Morgan fingerprint density at radius 1 is 1.03 bits per heavy atom. The fourth-order valence-corrected chi connectivity index (χ4v) is 5.23. The minimum Gasteiger partial charge on any atom is -0.462 e. The van der Waals surface area contributed by atoms with Crippen LogP contribution in [0.25, 0.3) is 11.1 Å². The van der Waals surface area contributed by atoms with E-state index in [0.717, 1.165) is 24.7 Å². The maximum absolute atomic E-state index is 11.6. The van der Waals surface area contributed by atoms with Crippen LogP contribution in [0.15, 0.2) is 54.6 Å². The highest BCUT2D eigenvalue weighted by Crippen LogP contribution is 2.38. The molecule has 34 heavy (non-hydrogen) atoms. The summed E-state index contributed by atoms with van der Waals surface area (Å²) in [4.78, 5) is 11.6. The fraction of sp³-hybridized carbons (Fsp3) is 0.516. The second-order valence-corrected chi connectivity index (χ2v) is 10.0. The van der Waals surface area contributed by atoms with E-state index in [4.69, 9.17) is 10.5 Å². The third-order valence-corrected chi connectivity index (χ3v) is 7.42. The average Bonchev–Trinajstić information content (AvgIpc) is 2.87. The largest absolute Gasteiger partial charge is 0.462 e. The Hall–Kier alpha value is -2.39. The molecular formula is C31H43NO2. The zero-order valence-corrected chi connectivity index (χ0v) is 21.3. The van der Waals surface area contributed by atoms with Crippen LogP contribution >= 0.6 is 0 Å². The molecule has 1 aliphatic carbocycles. The van der Waals surface area contributed by atoms with E-state index in [2.05, 4.69) is 62.9 Å². The van der Waals surface area contributed by atoms with E-state index in [9.17, 15) is 4.79 Å². The third kappa shape index (κ3) is 7.56. The molecule has 3 rings (SSSR count). The Balaban J connectivity index is 1.50. The van der Waals surface area contributed by atoms with Crippen molar-refractivity contribution in [3.05, 3.63) is 71.3 Å². The average molecular weight is 462 g/mol. The molecule has 0 bridgehead atoms. The molecule has 0 aliphatic heterocycles. The van der Waals surface area contributed by atoms with Gasteiger partial charge in [0.1, 0.15) is 0 Å². The predicted molar refractivity (Wildman–Crippen MR) is 143 cm³/mol. The minimum absolute atomic E-state index is 0.140. The Morgan fingerprint density at radius 2 is 1.76 bits per heavy atom. The Bertz CT molecular complexity index is 923. The van der Waals surface area contributed by atoms with Gasteiger partial charge >= 0.3 is 5.97 Å². The summed E-state index contributed by atoms with van der Waals surface area (Å²) < 4.78 is 5.21. The normalized spacial score (nSPS) is 18.0. The lowest BCUT2D eigenvalue weighted by atomic mass is 9.77. The van der Waals surface area contributed by atoms with Crippen molar-refractivity contribution in [1.29, 1.82) is 0 Å². The molecule has 0 radical (unpaired) electrons. The van der Waals surface area contributed by atoms with Crippen molar-refractivity contribution in [1.82, 2.24) is 0 Å². The van der Waals surface area contributed by atoms with E-state index in [1.807, 2.05) is 0 Å². The lowest BCUT2D eigenvalue weighted by Crippen LogP contribution is -2.15. The summed E-state index contributed by atoms with van der Waals surface area (Å²) in [6.07, 6.45) is 12.7. The molecule has 1 saturated carbocycles. The molecule has 0 spiro atoms. The van der Waals surface area contributed by atoms with Gasteiger partial charge in [0.25, 0.3) is 0 Å². The number of nitrogens with two attached hydrogens (primary N) is 1. The van der Waals surface area contributed by atoms with Crippen molar-refractivity contribution < 1.29 is 9.53 Å². The van der Waals surface area contributed by atoms with Crippen molar-refractivity contribution in [3.63, 3.8) is 0 Å². The van der Waals surface area contributed by atoms with Crippen LogP contribution in [0.5, 0.6) is 0 Å². The molecule has 2 aromatic rings. The lowest BCUT2D eigenvalue weighted by Gasteiger charge is -2.29. The van der Waals surface area contributed by atoms with E-state index in [1.54, 1.807) is 0 Å². The summed E-state index contributed by atoms with van der Waals surface area (Å²) in [5, 5.41) is 0. The smallest absolute Gasteiger partial charge is 0.334 e. The van der Waals surface area contributed by atoms with Gasteiger partial charge < -0.3 is 10.5 Å². The zero-order chi connectivity index (χ0) is 24.3. The van der Waals surface area contributed by atoms with Crippen LogP contribution in [0.1, 0.15) is 87.3 Å². The maximum Gasteiger partial charge on any atom is 0.334 e. The highest BCUT2D eigenvalue weighted by atomic mass is 16.5.